The Morgan fingerprint density at radius 2 is 1.33 bits per heavy atom. The first-order chi connectivity index (χ1) is 17.5. The van der Waals surface area contributed by atoms with Crippen molar-refractivity contribution in [3.63, 3.8) is 0 Å². The largest absolute Gasteiger partial charge is 0.355 e. The van der Waals surface area contributed by atoms with Crippen molar-refractivity contribution in [1.29, 1.82) is 0 Å². The van der Waals surface area contributed by atoms with E-state index in [0.29, 0.717) is 19.3 Å². The number of nitrogens with zero attached hydrogens (tertiary/aromatic N) is 3. The molecule has 1 fully saturated rings. The molecule has 36 heavy (non-hydrogen) atoms. The van der Waals surface area contributed by atoms with E-state index in [9.17, 15) is 9.59 Å². The van der Waals surface area contributed by atoms with Gasteiger partial charge in [-0.2, -0.15) is 0 Å². The van der Waals surface area contributed by atoms with E-state index in [1.807, 2.05) is 0 Å². The van der Waals surface area contributed by atoms with Gasteiger partial charge in [-0.05, 0) is 39.5 Å². The van der Waals surface area contributed by atoms with Gasteiger partial charge in [-0.1, -0.05) is 72.5 Å². The second-order valence-corrected chi connectivity index (χ2v) is 10.3. The molecule has 1 aliphatic heterocycles. The molecule has 186 valence electrons. The summed E-state index contributed by atoms with van der Waals surface area (Å²) in [5.74, 6) is 0.971. The third-order valence-electron chi connectivity index (χ3n) is 7.55. The van der Waals surface area contributed by atoms with E-state index in [-0.39, 0.29) is 17.5 Å². The van der Waals surface area contributed by atoms with E-state index in [4.69, 9.17) is 9.97 Å². The second-order valence-electron chi connectivity index (χ2n) is 10.3. The van der Waals surface area contributed by atoms with E-state index in [1.165, 1.54) is 11.1 Å². The first-order valence-corrected chi connectivity index (χ1v) is 13.3. The molecule has 2 heterocycles. The van der Waals surface area contributed by atoms with Crippen LogP contribution in [-0.2, 0) is 16.0 Å². The van der Waals surface area contributed by atoms with E-state index < -0.39 is 0 Å². The second kappa shape index (κ2) is 10.7. The molecule has 0 amide bonds. The lowest BCUT2D eigenvalue weighted by atomic mass is 9.98. The molecule has 5 heteroatoms. The van der Waals surface area contributed by atoms with E-state index >= 15 is 0 Å². The van der Waals surface area contributed by atoms with Gasteiger partial charge in [-0.3, -0.25) is 9.59 Å². The minimum Gasteiger partial charge on any atom is -0.355 e. The zero-order chi connectivity index (χ0) is 25.1. The van der Waals surface area contributed by atoms with Gasteiger partial charge >= 0.3 is 0 Å². The highest BCUT2D eigenvalue weighted by atomic mass is 16.2. The summed E-state index contributed by atoms with van der Waals surface area (Å²) in [5, 5.41) is 0. The van der Waals surface area contributed by atoms with Crippen LogP contribution in [0.3, 0.4) is 0 Å². The molecular formula is C31H35N3O2. The molecule has 2 aromatic carbocycles. The molecule has 0 spiro atoms. The molecule has 0 unspecified atom stereocenters. The van der Waals surface area contributed by atoms with Gasteiger partial charge in [0, 0.05) is 37.1 Å². The van der Waals surface area contributed by atoms with Gasteiger partial charge in [0.1, 0.15) is 11.6 Å². The summed E-state index contributed by atoms with van der Waals surface area (Å²) in [6.45, 7) is 6.11. The minimum absolute atomic E-state index is 0.147. The maximum absolute atomic E-state index is 11.9. The number of hydrogen-bond acceptors (Lipinski definition) is 5. The number of ketones is 2. The smallest absolute Gasteiger partial charge is 0.151 e. The van der Waals surface area contributed by atoms with Crippen molar-refractivity contribution >= 4 is 17.4 Å². The normalized spacial score (nSPS) is 16.0. The molecule has 1 saturated carbocycles. The number of rotatable bonds is 8. The molecule has 0 saturated heterocycles. The average molecular weight is 482 g/mol. The number of Topliss-reactive ketones (excluding diaryl/α,β-unsaturated/α-hetero) is 2. The molecule has 0 N–H and O–H groups in total. The van der Waals surface area contributed by atoms with Crippen LogP contribution in [0.5, 0.6) is 0 Å². The van der Waals surface area contributed by atoms with Crippen LogP contribution in [0.1, 0.15) is 61.8 Å². The number of anilines is 1. The third-order valence-corrected chi connectivity index (χ3v) is 7.55. The Morgan fingerprint density at radius 3 is 1.94 bits per heavy atom. The lowest BCUT2D eigenvalue weighted by Crippen LogP contribution is -2.32. The number of aryl methyl sites for hydroxylation is 3. The van der Waals surface area contributed by atoms with Crippen molar-refractivity contribution in [2.45, 2.75) is 65.2 Å². The van der Waals surface area contributed by atoms with Gasteiger partial charge in [0.25, 0.3) is 0 Å². The Kier molecular flexibility index (Phi) is 7.26. The summed E-state index contributed by atoms with van der Waals surface area (Å²) in [6.07, 6.45) is 6.59. The Labute approximate surface area is 214 Å². The van der Waals surface area contributed by atoms with E-state index in [2.05, 4.69) is 67.3 Å². The Balaban J connectivity index is 1.36. The summed E-state index contributed by atoms with van der Waals surface area (Å²) in [5.41, 5.74) is 7.60. The van der Waals surface area contributed by atoms with Crippen LogP contribution in [0.25, 0.3) is 22.5 Å². The summed E-state index contributed by atoms with van der Waals surface area (Å²) >= 11 is 0. The average Bonchev–Trinajstić information content (AvgIpc) is 3.21. The molecular weight excluding hydrogens is 446 g/mol. The highest BCUT2D eigenvalue weighted by Crippen LogP contribution is 2.35. The number of carbonyl (C=O) groups is 2. The Bertz CT molecular complexity index is 1230. The summed E-state index contributed by atoms with van der Waals surface area (Å²) < 4.78 is 0. The summed E-state index contributed by atoms with van der Waals surface area (Å²) in [7, 11) is 0. The topological polar surface area (TPSA) is 63.2 Å². The highest BCUT2D eigenvalue weighted by molar-refractivity contribution is 6.08. The summed E-state index contributed by atoms with van der Waals surface area (Å²) in [4.78, 5) is 36.6. The van der Waals surface area contributed by atoms with Crippen LogP contribution in [0, 0.1) is 19.8 Å². The Morgan fingerprint density at radius 1 is 0.750 bits per heavy atom. The van der Waals surface area contributed by atoms with Crippen LogP contribution >= 0.6 is 0 Å². The first kappa shape index (κ1) is 24.4. The zero-order valence-corrected chi connectivity index (χ0v) is 21.4. The fourth-order valence-corrected chi connectivity index (χ4v) is 5.39. The van der Waals surface area contributed by atoms with Gasteiger partial charge in [0.15, 0.2) is 5.82 Å². The molecule has 2 aliphatic rings. The third kappa shape index (κ3) is 5.25. The van der Waals surface area contributed by atoms with Gasteiger partial charge < -0.3 is 4.90 Å². The molecule has 0 radical (unpaired) electrons. The molecule has 0 atom stereocenters. The molecule has 1 aromatic heterocycles. The number of carbonyl (C=O) groups excluding carboxylic acids is 2. The van der Waals surface area contributed by atoms with Crippen LogP contribution in [-0.4, -0.2) is 34.6 Å². The van der Waals surface area contributed by atoms with Crippen molar-refractivity contribution in [3.05, 3.63) is 65.4 Å². The van der Waals surface area contributed by atoms with Crippen LogP contribution in [0.4, 0.5) is 5.82 Å². The summed E-state index contributed by atoms with van der Waals surface area (Å²) in [6, 6.07) is 17.1. The number of aromatic nitrogens is 2. The number of hydrogen-bond donors (Lipinski definition) is 0. The fourth-order valence-electron chi connectivity index (χ4n) is 5.39. The maximum atomic E-state index is 11.9. The van der Waals surface area contributed by atoms with Crippen LogP contribution < -0.4 is 4.90 Å². The van der Waals surface area contributed by atoms with Crippen molar-refractivity contribution in [3.8, 4) is 22.5 Å². The van der Waals surface area contributed by atoms with Crippen molar-refractivity contribution in [2.75, 3.05) is 18.0 Å². The van der Waals surface area contributed by atoms with Crippen LogP contribution in [0.2, 0.25) is 0 Å². The molecule has 5 nitrogen and oxygen atoms in total. The standard InChI is InChI=1S/C31H35N3O2/c1-21-9-13-23(14-10-21)29-30(24-15-11-22(2)12-16-24)33-31-26(32-29)8-6-20-34(31)19-5-3-4-7-25-27(35)17-18-28(25)36/h9-16,25H,3-8,17-20H2,1-2H3. The fraction of sp³-hybridized carbons (Fsp3) is 0.419. The van der Waals surface area contributed by atoms with Crippen molar-refractivity contribution in [2.24, 2.45) is 5.92 Å². The molecule has 3 aromatic rings. The maximum Gasteiger partial charge on any atom is 0.151 e. The highest BCUT2D eigenvalue weighted by Gasteiger charge is 2.32. The predicted molar refractivity (Wildman–Crippen MR) is 144 cm³/mol. The SMILES string of the molecule is Cc1ccc(-c2nc3c(nc2-c2ccc(C)cc2)N(CCCCCC2C(=O)CCC2=O)CCC3)cc1. The Hall–Kier alpha value is -3.34. The number of fused-ring (bicyclic) bond motifs is 1. The quantitative estimate of drug-likeness (QED) is 0.279. The van der Waals surface area contributed by atoms with Crippen LogP contribution in [0.15, 0.2) is 48.5 Å². The van der Waals surface area contributed by atoms with E-state index in [1.54, 1.807) is 0 Å². The van der Waals surface area contributed by atoms with Gasteiger partial charge in [0.05, 0.1) is 23.0 Å². The lowest BCUT2D eigenvalue weighted by Gasteiger charge is -2.30. The molecule has 0 bridgehead atoms. The minimum atomic E-state index is -0.330. The van der Waals surface area contributed by atoms with Crippen molar-refractivity contribution in [1.82, 2.24) is 9.97 Å². The monoisotopic (exact) mass is 481 g/mol. The first-order valence-electron chi connectivity index (χ1n) is 13.3. The number of benzene rings is 2. The van der Waals surface area contributed by atoms with Gasteiger partial charge in [-0.25, -0.2) is 9.97 Å². The van der Waals surface area contributed by atoms with E-state index in [0.717, 1.165) is 79.2 Å². The zero-order valence-electron chi connectivity index (χ0n) is 21.4. The predicted octanol–water partition coefficient (Wildman–Crippen LogP) is 6.29. The van der Waals surface area contributed by atoms with Gasteiger partial charge in [0.2, 0.25) is 0 Å². The van der Waals surface area contributed by atoms with Crippen molar-refractivity contribution < 1.29 is 9.59 Å². The molecule has 1 aliphatic carbocycles. The number of unbranched alkanes of at least 4 members (excludes halogenated alkanes) is 2. The lowest BCUT2D eigenvalue weighted by molar-refractivity contribution is -0.127. The molecule has 5 rings (SSSR count). The van der Waals surface area contributed by atoms with Gasteiger partial charge in [-0.15, -0.1) is 0 Å².